The molecule has 1 heterocycles. The summed E-state index contributed by atoms with van der Waals surface area (Å²) < 4.78 is 27.4. The van der Waals surface area contributed by atoms with Crippen LogP contribution in [0, 0.1) is 16.7 Å². The molecular formula is C19H25N3O3S. The highest BCUT2D eigenvalue weighted by atomic mass is 32.2. The van der Waals surface area contributed by atoms with Crippen LogP contribution in [0.2, 0.25) is 0 Å². The maximum absolute atomic E-state index is 12.9. The zero-order chi connectivity index (χ0) is 18.6. The molecule has 1 aromatic carbocycles. The first-order valence-corrected chi connectivity index (χ1v) is 10.7. The predicted molar refractivity (Wildman–Crippen MR) is 98.8 cm³/mol. The Hall–Kier alpha value is -1.91. The largest absolute Gasteiger partial charge is 0.325 e. The minimum atomic E-state index is -3.57. The summed E-state index contributed by atoms with van der Waals surface area (Å²) in [6, 6.07) is 8.52. The fourth-order valence-electron chi connectivity index (χ4n) is 3.78. The average Bonchev–Trinajstić information content (AvgIpc) is 2.97. The maximum atomic E-state index is 12.9. The molecule has 1 aliphatic heterocycles. The van der Waals surface area contributed by atoms with Crippen LogP contribution in [-0.2, 0) is 14.8 Å². The monoisotopic (exact) mass is 375 g/mol. The Morgan fingerprint density at radius 1 is 1.08 bits per heavy atom. The Morgan fingerprint density at radius 3 is 2.35 bits per heavy atom. The Morgan fingerprint density at radius 2 is 1.73 bits per heavy atom. The van der Waals surface area contributed by atoms with Gasteiger partial charge in [-0.3, -0.25) is 4.79 Å². The van der Waals surface area contributed by atoms with E-state index < -0.39 is 15.4 Å². The van der Waals surface area contributed by atoms with Gasteiger partial charge in [0.15, 0.2) is 0 Å². The van der Waals surface area contributed by atoms with Gasteiger partial charge in [0.25, 0.3) is 0 Å². The molecule has 7 heteroatoms. The second-order valence-corrected chi connectivity index (χ2v) is 9.14. The van der Waals surface area contributed by atoms with Crippen LogP contribution >= 0.6 is 0 Å². The van der Waals surface area contributed by atoms with Crippen molar-refractivity contribution >= 4 is 21.6 Å². The van der Waals surface area contributed by atoms with Crippen molar-refractivity contribution in [2.24, 2.45) is 5.41 Å². The number of anilines is 1. The number of benzene rings is 1. The molecule has 140 valence electrons. The molecule has 1 aromatic rings. The zero-order valence-electron chi connectivity index (χ0n) is 14.9. The molecule has 1 N–H and O–H groups in total. The summed E-state index contributed by atoms with van der Waals surface area (Å²) >= 11 is 0. The molecule has 3 rings (SSSR count). The first kappa shape index (κ1) is 18.9. The van der Waals surface area contributed by atoms with E-state index in [1.807, 2.05) is 0 Å². The molecule has 0 aromatic heterocycles. The number of carbonyl (C=O) groups is 1. The number of nitrogens with zero attached hydrogens (tertiary/aromatic N) is 2. The van der Waals surface area contributed by atoms with Crippen molar-refractivity contribution in [1.29, 1.82) is 5.26 Å². The molecule has 0 atom stereocenters. The molecule has 0 radical (unpaired) electrons. The first-order chi connectivity index (χ1) is 12.5. The number of hydrogen-bond donors (Lipinski definition) is 1. The van der Waals surface area contributed by atoms with Crippen LogP contribution in [0.1, 0.15) is 51.4 Å². The van der Waals surface area contributed by atoms with Crippen molar-refractivity contribution in [2.75, 3.05) is 18.4 Å². The molecule has 26 heavy (non-hydrogen) atoms. The lowest BCUT2D eigenvalue weighted by Gasteiger charge is -2.21. The summed E-state index contributed by atoms with van der Waals surface area (Å²) in [4.78, 5) is 12.8. The third-order valence-electron chi connectivity index (χ3n) is 5.40. The van der Waals surface area contributed by atoms with Gasteiger partial charge in [-0.25, -0.2) is 8.42 Å². The second kappa shape index (κ2) is 7.77. The van der Waals surface area contributed by atoms with E-state index in [0.717, 1.165) is 38.5 Å². The van der Waals surface area contributed by atoms with Gasteiger partial charge in [-0.1, -0.05) is 31.7 Å². The fourth-order valence-corrected chi connectivity index (χ4v) is 5.35. The van der Waals surface area contributed by atoms with Gasteiger partial charge in [0.2, 0.25) is 15.9 Å². The van der Waals surface area contributed by atoms with E-state index in [0.29, 0.717) is 31.6 Å². The van der Waals surface area contributed by atoms with E-state index in [-0.39, 0.29) is 10.8 Å². The van der Waals surface area contributed by atoms with E-state index in [1.165, 1.54) is 10.4 Å². The Balaban J connectivity index is 1.79. The molecule has 0 unspecified atom stereocenters. The molecule has 1 saturated heterocycles. The highest BCUT2D eigenvalue weighted by Gasteiger charge is 2.41. The van der Waals surface area contributed by atoms with Crippen molar-refractivity contribution in [3.63, 3.8) is 0 Å². The van der Waals surface area contributed by atoms with Gasteiger partial charge in [-0.15, -0.1) is 0 Å². The number of nitrogens with one attached hydrogen (secondary N) is 1. The van der Waals surface area contributed by atoms with E-state index in [9.17, 15) is 18.5 Å². The lowest BCUT2D eigenvalue weighted by molar-refractivity contribution is -0.122. The van der Waals surface area contributed by atoms with Crippen LogP contribution in [-0.4, -0.2) is 31.7 Å². The molecule has 0 bridgehead atoms. The summed E-state index contributed by atoms with van der Waals surface area (Å²) in [6.45, 7) is 1.08. The Bertz CT molecular complexity index is 800. The van der Waals surface area contributed by atoms with Gasteiger partial charge in [0, 0.05) is 18.8 Å². The Kier molecular flexibility index (Phi) is 5.64. The lowest BCUT2D eigenvalue weighted by Crippen LogP contribution is -2.33. The van der Waals surface area contributed by atoms with Crippen molar-refractivity contribution in [2.45, 2.75) is 56.3 Å². The molecule has 1 aliphatic carbocycles. The second-order valence-electron chi connectivity index (χ2n) is 7.20. The Labute approximate surface area is 155 Å². The van der Waals surface area contributed by atoms with Crippen LogP contribution in [0.5, 0.6) is 0 Å². The quantitative estimate of drug-likeness (QED) is 0.874. The van der Waals surface area contributed by atoms with Gasteiger partial charge in [-0.2, -0.15) is 9.57 Å². The van der Waals surface area contributed by atoms with E-state index in [4.69, 9.17) is 0 Å². The topological polar surface area (TPSA) is 90.3 Å². The van der Waals surface area contributed by atoms with Crippen LogP contribution in [0.4, 0.5) is 5.69 Å². The maximum Gasteiger partial charge on any atom is 0.244 e. The van der Waals surface area contributed by atoms with E-state index >= 15 is 0 Å². The zero-order valence-corrected chi connectivity index (χ0v) is 15.7. The van der Waals surface area contributed by atoms with Crippen molar-refractivity contribution in [3.8, 4) is 6.07 Å². The van der Waals surface area contributed by atoms with Crippen LogP contribution in [0.15, 0.2) is 29.2 Å². The summed E-state index contributed by atoms with van der Waals surface area (Å²) in [7, 11) is -3.57. The van der Waals surface area contributed by atoms with E-state index in [1.54, 1.807) is 18.2 Å². The molecule has 2 fully saturated rings. The third-order valence-corrected chi connectivity index (χ3v) is 7.30. The molecule has 1 amide bonds. The van der Waals surface area contributed by atoms with Crippen LogP contribution in [0.3, 0.4) is 0 Å². The van der Waals surface area contributed by atoms with Gasteiger partial charge in [-0.05, 0) is 43.9 Å². The smallest absolute Gasteiger partial charge is 0.244 e. The summed E-state index contributed by atoms with van der Waals surface area (Å²) in [5.41, 5.74) is -0.563. The number of hydrogen-bond acceptors (Lipinski definition) is 4. The molecule has 1 saturated carbocycles. The molecule has 2 aliphatic rings. The number of nitriles is 1. The minimum Gasteiger partial charge on any atom is -0.325 e. The molecular weight excluding hydrogens is 350 g/mol. The number of rotatable bonds is 4. The van der Waals surface area contributed by atoms with E-state index in [2.05, 4.69) is 11.4 Å². The number of amides is 1. The summed E-state index contributed by atoms with van der Waals surface area (Å²) in [5.74, 6) is -0.332. The fraction of sp³-hybridized carbons (Fsp3) is 0.579. The van der Waals surface area contributed by atoms with Gasteiger partial charge in [0.05, 0.1) is 11.0 Å². The predicted octanol–water partition coefficient (Wildman–Crippen LogP) is 3.27. The average molecular weight is 375 g/mol. The minimum absolute atomic E-state index is 0.189. The van der Waals surface area contributed by atoms with Crippen LogP contribution in [0.25, 0.3) is 0 Å². The van der Waals surface area contributed by atoms with Crippen molar-refractivity contribution in [1.82, 2.24) is 4.31 Å². The molecule has 6 nitrogen and oxygen atoms in total. The van der Waals surface area contributed by atoms with Crippen molar-refractivity contribution in [3.05, 3.63) is 24.3 Å². The normalized spacial score (nSPS) is 20.9. The summed E-state index contributed by atoms with van der Waals surface area (Å²) in [5, 5.41) is 12.2. The third kappa shape index (κ3) is 3.76. The van der Waals surface area contributed by atoms with Gasteiger partial charge in [0.1, 0.15) is 5.41 Å². The summed E-state index contributed by atoms with van der Waals surface area (Å²) in [6.07, 6.45) is 6.70. The number of carbonyl (C=O) groups excluding carboxylic acids is 1. The van der Waals surface area contributed by atoms with Crippen LogP contribution < -0.4 is 5.32 Å². The van der Waals surface area contributed by atoms with Gasteiger partial charge >= 0.3 is 0 Å². The lowest BCUT2D eigenvalue weighted by atomic mass is 9.87. The SMILES string of the molecule is N#CC1(C(=O)Nc2cccc(S(=O)(=O)N3CCCCCC3)c2)CCCC1. The molecule has 0 spiro atoms. The highest BCUT2D eigenvalue weighted by molar-refractivity contribution is 7.89. The highest BCUT2D eigenvalue weighted by Crippen LogP contribution is 2.38. The first-order valence-electron chi connectivity index (χ1n) is 9.31. The number of sulfonamides is 1. The standard InChI is InChI=1S/C19H25N3O3S/c20-15-19(10-3-4-11-19)18(23)21-16-8-7-9-17(14-16)26(24,25)22-12-5-1-2-6-13-22/h7-9,14H,1-6,10-13H2,(H,21,23). The van der Waals surface area contributed by atoms with Crippen molar-refractivity contribution < 1.29 is 13.2 Å². The van der Waals surface area contributed by atoms with Gasteiger partial charge < -0.3 is 5.32 Å².